The van der Waals surface area contributed by atoms with Crippen molar-refractivity contribution in [1.29, 1.82) is 0 Å². The van der Waals surface area contributed by atoms with Crippen LogP contribution >= 0.6 is 0 Å². The molecule has 0 aromatic heterocycles. The van der Waals surface area contributed by atoms with Crippen LogP contribution in [0.3, 0.4) is 0 Å². The van der Waals surface area contributed by atoms with E-state index in [1.165, 1.54) is 46.3 Å². The maximum absolute atomic E-state index is 13.9. The number of hydrogen-bond acceptors (Lipinski definition) is 5. The lowest BCUT2D eigenvalue weighted by molar-refractivity contribution is 0.0829. The number of aryl methyl sites for hydroxylation is 1. The molecular weight excluding hydrogens is 548 g/mol. The van der Waals surface area contributed by atoms with Gasteiger partial charge in [-0.25, -0.2) is 17.2 Å². The van der Waals surface area contributed by atoms with E-state index >= 15 is 0 Å². The lowest BCUT2D eigenvalue weighted by Gasteiger charge is -2.26. The quantitative estimate of drug-likeness (QED) is 0.296. The molecule has 0 aliphatic carbocycles. The minimum Gasteiger partial charge on any atom is -0.390 e. The highest BCUT2D eigenvalue weighted by molar-refractivity contribution is 7.89. The summed E-state index contributed by atoms with van der Waals surface area (Å²) in [6.45, 7) is 3.63. The lowest BCUT2D eigenvalue weighted by atomic mass is 10.00. The van der Waals surface area contributed by atoms with Crippen molar-refractivity contribution in [2.75, 3.05) is 19.6 Å². The molecule has 1 amide bonds. The van der Waals surface area contributed by atoms with Crippen LogP contribution in [-0.2, 0) is 29.4 Å². The van der Waals surface area contributed by atoms with E-state index < -0.39 is 39.7 Å². The predicted octanol–water partition coefficient (Wildman–Crippen LogP) is 4.19. The number of benzene rings is 3. The first-order valence-corrected chi connectivity index (χ1v) is 15.4. The van der Waals surface area contributed by atoms with E-state index in [9.17, 15) is 27.1 Å². The Morgan fingerprint density at radius 2 is 1.59 bits per heavy atom. The molecule has 220 valence electrons. The number of piperidine rings is 1. The number of halogens is 2. The fraction of sp³-hybridized carbons (Fsp3) is 0.387. The van der Waals surface area contributed by atoms with Crippen molar-refractivity contribution < 1.29 is 27.1 Å². The van der Waals surface area contributed by atoms with Gasteiger partial charge in [-0.2, -0.15) is 4.31 Å². The average molecular weight is 586 g/mol. The Hall–Kier alpha value is -3.18. The zero-order valence-electron chi connectivity index (χ0n) is 23.2. The smallest absolute Gasteiger partial charge is 0.251 e. The van der Waals surface area contributed by atoms with Crippen molar-refractivity contribution >= 4 is 15.9 Å². The molecule has 3 aromatic rings. The molecule has 10 heteroatoms. The van der Waals surface area contributed by atoms with Crippen LogP contribution in [0, 0.1) is 11.6 Å². The highest BCUT2D eigenvalue weighted by Gasteiger charge is 2.27. The van der Waals surface area contributed by atoms with Crippen molar-refractivity contribution in [2.45, 2.75) is 62.6 Å². The van der Waals surface area contributed by atoms with E-state index in [-0.39, 0.29) is 29.0 Å². The Morgan fingerprint density at radius 3 is 2.24 bits per heavy atom. The topological polar surface area (TPSA) is 98.7 Å². The molecule has 1 aliphatic heterocycles. The number of sulfonamides is 1. The largest absolute Gasteiger partial charge is 0.390 e. The number of nitrogens with zero attached hydrogens (tertiary/aromatic N) is 1. The number of hydrogen-bond donors (Lipinski definition) is 3. The Morgan fingerprint density at radius 1 is 0.927 bits per heavy atom. The summed E-state index contributed by atoms with van der Waals surface area (Å²) in [5.74, 6) is -2.04. The van der Waals surface area contributed by atoms with E-state index in [2.05, 4.69) is 23.6 Å². The molecule has 0 bridgehead atoms. The number of aliphatic hydroxyl groups excluding tert-OH is 1. The molecule has 7 nitrogen and oxygen atoms in total. The number of aliphatic hydroxyl groups is 1. The summed E-state index contributed by atoms with van der Waals surface area (Å²) in [7, 11) is -3.65. The minimum absolute atomic E-state index is 0.0178. The van der Waals surface area contributed by atoms with E-state index in [0.717, 1.165) is 37.3 Å². The fourth-order valence-electron chi connectivity index (χ4n) is 5.02. The van der Waals surface area contributed by atoms with Gasteiger partial charge in [-0.05, 0) is 78.8 Å². The Labute approximate surface area is 240 Å². The fourth-order valence-corrected chi connectivity index (χ4v) is 6.53. The van der Waals surface area contributed by atoms with Gasteiger partial charge >= 0.3 is 0 Å². The SMILES string of the molecule is CCc1cccc(CNC[C@H](O)[C@H](Cc2cc(F)cc(F)c2)NC(=O)c2ccc(S(=O)(=O)N3CCCCC3)cc2)c1. The molecule has 41 heavy (non-hydrogen) atoms. The van der Waals surface area contributed by atoms with Crippen molar-refractivity contribution in [3.8, 4) is 0 Å². The van der Waals surface area contributed by atoms with Crippen molar-refractivity contribution in [3.05, 3.63) is 101 Å². The lowest BCUT2D eigenvalue weighted by Crippen LogP contribution is -2.48. The summed E-state index contributed by atoms with van der Waals surface area (Å²) in [6.07, 6.45) is 2.44. The Kier molecular flexibility index (Phi) is 10.6. The Balaban J connectivity index is 1.46. The molecule has 0 radical (unpaired) electrons. The molecule has 1 fully saturated rings. The van der Waals surface area contributed by atoms with E-state index in [4.69, 9.17) is 0 Å². The second-order valence-corrected chi connectivity index (χ2v) is 12.4. The summed E-state index contributed by atoms with van der Waals surface area (Å²) >= 11 is 0. The van der Waals surface area contributed by atoms with Gasteiger partial charge in [0.15, 0.2) is 0 Å². The molecular formula is C31H37F2N3O4S. The molecule has 1 saturated heterocycles. The normalized spacial score (nSPS) is 15.8. The number of carbonyl (C=O) groups is 1. The van der Waals surface area contributed by atoms with Crippen molar-refractivity contribution in [2.24, 2.45) is 0 Å². The Bertz CT molecular complexity index is 1410. The van der Waals surface area contributed by atoms with Gasteiger partial charge in [0, 0.05) is 37.8 Å². The number of carbonyl (C=O) groups excluding carboxylic acids is 1. The summed E-state index contributed by atoms with van der Waals surface area (Å²) in [4.78, 5) is 13.3. The van der Waals surface area contributed by atoms with Crippen LogP contribution < -0.4 is 10.6 Å². The van der Waals surface area contributed by atoms with Crippen molar-refractivity contribution in [1.82, 2.24) is 14.9 Å². The number of rotatable bonds is 12. The third kappa shape index (κ3) is 8.42. The van der Waals surface area contributed by atoms with Crippen LogP contribution in [-0.4, -0.2) is 55.5 Å². The highest BCUT2D eigenvalue weighted by Crippen LogP contribution is 2.21. The monoisotopic (exact) mass is 585 g/mol. The zero-order valence-corrected chi connectivity index (χ0v) is 24.0. The molecule has 2 atom stereocenters. The van der Waals surface area contributed by atoms with Crippen LogP contribution in [0.15, 0.2) is 71.6 Å². The molecule has 3 N–H and O–H groups in total. The third-order valence-corrected chi connectivity index (χ3v) is 9.22. The minimum atomic E-state index is -3.65. The van der Waals surface area contributed by atoms with Gasteiger partial charge in [-0.15, -0.1) is 0 Å². The van der Waals surface area contributed by atoms with Gasteiger partial charge in [-0.3, -0.25) is 4.79 Å². The molecule has 3 aromatic carbocycles. The molecule has 1 heterocycles. The maximum atomic E-state index is 13.9. The first kappa shape index (κ1) is 30.8. The van der Waals surface area contributed by atoms with Crippen LogP contribution in [0.5, 0.6) is 0 Å². The second kappa shape index (κ2) is 14.1. The summed E-state index contributed by atoms with van der Waals surface area (Å²) < 4.78 is 55.1. The highest BCUT2D eigenvalue weighted by atomic mass is 32.2. The predicted molar refractivity (Wildman–Crippen MR) is 154 cm³/mol. The van der Waals surface area contributed by atoms with E-state index in [1.54, 1.807) is 0 Å². The molecule has 0 unspecified atom stereocenters. The van der Waals surface area contributed by atoms with E-state index in [1.807, 2.05) is 18.2 Å². The van der Waals surface area contributed by atoms with Crippen LogP contribution in [0.1, 0.15) is 53.2 Å². The van der Waals surface area contributed by atoms with Gasteiger partial charge in [0.2, 0.25) is 10.0 Å². The standard InChI is InChI=1S/C31H37F2N3O4S/c1-2-22-7-6-8-23(15-22)20-34-21-30(37)29(18-24-16-26(32)19-27(33)17-24)35-31(38)25-9-11-28(12-10-25)41(39,40)36-13-4-3-5-14-36/h6-12,15-17,19,29-30,34,37H,2-5,13-14,18,20-21H2,1H3,(H,35,38)/t29-,30-/m0/s1. The van der Waals surface area contributed by atoms with Crippen LogP contribution in [0.2, 0.25) is 0 Å². The zero-order chi connectivity index (χ0) is 29.4. The summed E-state index contributed by atoms with van der Waals surface area (Å²) in [6, 6.07) is 15.9. The summed E-state index contributed by atoms with van der Waals surface area (Å²) in [5.41, 5.74) is 2.72. The summed E-state index contributed by atoms with van der Waals surface area (Å²) in [5, 5.41) is 17.0. The molecule has 1 aliphatic rings. The van der Waals surface area contributed by atoms with Crippen LogP contribution in [0.25, 0.3) is 0 Å². The average Bonchev–Trinajstić information content (AvgIpc) is 2.97. The molecule has 0 saturated carbocycles. The second-order valence-electron chi connectivity index (χ2n) is 10.4. The first-order valence-electron chi connectivity index (χ1n) is 14.0. The molecule has 4 rings (SSSR count). The maximum Gasteiger partial charge on any atom is 0.251 e. The van der Waals surface area contributed by atoms with Crippen LogP contribution in [0.4, 0.5) is 8.78 Å². The van der Waals surface area contributed by atoms with Gasteiger partial charge in [0.25, 0.3) is 5.91 Å². The molecule has 0 spiro atoms. The van der Waals surface area contributed by atoms with Crippen molar-refractivity contribution in [3.63, 3.8) is 0 Å². The number of amides is 1. The van der Waals surface area contributed by atoms with Gasteiger partial charge in [-0.1, -0.05) is 37.6 Å². The van der Waals surface area contributed by atoms with E-state index in [0.29, 0.717) is 19.6 Å². The third-order valence-electron chi connectivity index (χ3n) is 7.31. The first-order chi connectivity index (χ1) is 19.7. The number of nitrogens with one attached hydrogen (secondary N) is 2. The van der Waals surface area contributed by atoms with Gasteiger partial charge in [0.1, 0.15) is 11.6 Å². The van der Waals surface area contributed by atoms with Gasteiger partial charge in [0.05, 0.1) is 17.0 Å². The van der Waals surface area contributed by atoms with Gasteiger partial charge < -0.3 is 15.7 Å².